The van der Waals surface area contributed by atoms with Crippen LogP contribution in [0.4, 0.5) is 0 Å². The van der Waals surface area contributed by atoms with E-state index in [1.54, 1.807) is 19.2 Å². The van der Waals surface area contributed by atoms with Crippen LogP contribution in [0.2, 0.25) is 0 Å². The fourth-order valence-corrected chi connectivity index (χ4v) is 2.76. The fraction of sp³-hybridized carbons (Fsp3) is 0.211. The predicted octanol–water partition coefficient (Wildman–Crippen LogP) is 2.47. The number of hydrogen-bond acceptors (Lipinski definition) is 4. The fourth-order valence-electron chi connectivity index (χ4n) is 2.76. The second-order valence-electron chi connectivity index (χ2n) is 5.69. The molecule has 0 bridgehead atoms. The molecule has 3 aromatic rings. The number of fused-ring (bicyclic) bond motifs is 1. The molecule has 0 unspecified atom stereocenters. The summed E-state index contributed by atoms with van der Waals surface area (Å²) in [6, 6.07) is 14.9. The molecule has 0 aliphatic heterocycles. The smallest absolute Gasteiger partial charge is 0.305 e. The molecule has 128 valence electrons. The highest BCUT2D eigenvalue weighted by atomic mass is 16.5. The monoisotopic (exact) mass is 338 g/mol. The average molecular weight is 338 g/mol. The Labute approximate surface area is 144 Å². The molecule has 2 aromatic carbocycles. The summed E-state index contributed by atoms with van der Waals surface area (Å²) in [7, 11) is 1.61. The van der Waals surface area contributed by atoms with E-state index in [2.05, 4.69) is 5.10 Å². The molecule has 0 saturated heterocycles. The lowest BCUT2D eigenvalue weighted by molar-refractivity contribution is -0.137. The predicted molar refractivity (Wildman–Crippen MR) is 94.1 cm³/mol. The van der Waals surface area contributed by atoms with Crippen LogP contribution in [0.5, 0.6) is 5.75 Å². The van der Waals surface area contributed by atoms with Crippen LogP contribution in [0, 0.1) is 0 Å². The van der Waals surface area contributed by atoms with E-state index in [-0.39, 0.29) is 18.5 Å². The molecule has 0 atom stereocenters. The van der Waals surface area contributed by atoms with Gasteiger partial charge < -0.3 is 9.84 Å². The highest BCUT2D eigenvalue weighted by Crippen LogP contribution is 2.19. The number of rotatable bonds is 6. The average Bonchev–Trinajstić information content (AvgIpc) is 2.63. The lowest BCUT2D eigenvalue weighted by Gasteiger charge is -2.11. The molecule has 3 rings (SSSR count). The number of ether oxygens (including phenoxy) is 1. The molecule has 0 aliphatic carbocycles. The van der Waals surface area contributed by atoms with E-state index in [1.807, 2.05) is 36.4 Å². The Morgan fingerprint density at radius 1 is 1.16 bits per heavy atom. The van der Waals surface area contributed by atoms with Gasteiger partial charge in [-0.15, -0.1) is 0 Å². The van der Waals surface area contributed by atoms with Crippen LogP contribution in [0.1, 0.15) is 17.7 Å². The summed E-state index contributed by atoms with van der Waals surface area (Å²) in [5.74, 6) is -0.211. The van der Waals surface area contributed by atoms with Crippen LogP contribution in [0.3, 0.4) is 0 Å². The summed E-state index contributed by atoms with van der Waals surface area (Å²) in [5, 5.41) is 14.6. The highest BCUT2D eigenvalue weighted by molar-refractivity contribution is 5.83. The Balaban J connectivity index is 2.07. The normalized spacial score (nSPS) is 10.8. The van der Waals surface area contributed by atoms with Crippen LogP contribution in [-0.2, 0) is 17.8 Å². The number of nitrogens with zero attached hydrogens (tertiary/aromatic N) is 2. The Hall–Kier alpha value is -3.15. The number of carboxylic acid groups (broad SMARTS) is 1. The Bertz CT molecular complexity index is 979. The standard InChI is InChI=1S/C19H18N2O4/c1-25-14-6-4-5-13(11-14)12-17-15-7-2-3-8-16(15)19(24)21(20-17)10-9-18(22)23/h2-8,11H,9-10,12H2,1H3,(H,22,23). The SMILES string of the molecule is COc1cccc(Cc2nn(CCC(=O)O)c(=O)c3ccccc23)c1. The van der Waals surface area contributed by atoms with Crippen molar-refractivity contribution in [1.82, 2.24) is 9.78 Å². The molecule has 1 heterocycles. The lowest BCUT2D eigenvalue weighted by atomic mass is 10.0. The Kier molecular flexibility index (Phi) is 4.79. The largest absolute Gasteiger partial charge is 0.497 e. The van der Waals surface area contributed by atoms with Gasteiger partial charge in [-0.3, -0.25) is 9.59 Å². The zero-order chi connectivity index (χ0) is 17.8. The van der Waals surface area contributed by atoms with Crippen molar-refractivity contribution in [2.24, 2.45) is 0 Å². The van der Waals surface area contributed by atoms with Gasteiger partial charge in [0.25, 0.3) is 5.56 Å². The Morgan fingerprint density at radius 2 is 1.92 bits per heavy atom. The van der Waals surface area contributed by atoms with Gasteiger partial charge in [-0.05, 0) is 23.8 Å². The molecule has 0 saturated carbocycles. The van der Waals surface area contributed by atoms with Gasteiger partial charge in [0, 0.05) is 11.8 Å². The minimum absolute atomic E-state index is 0.0457. The van der Waals surface area contributed by atoms with Crippen LogP contribution in [0.15, 0.2) is 53.3 Å². The number of hydrogen-bond donors (Lipinski definition) is 1. The van der Waals surface area contributed by atoms with E-state index in [9.17, 15) is 9.59 Å². The van der Waals surface area contributed by atoms with Crippen molar-refractivity contribution < 1.29 is 14.6 Å². The molecule has 0 fully saturated rings. The number of carbonyl (C=O) groups is 1. The van der Waals surface area contributed by atoms with E-state index in [0.29, 0.717) is 11.8 Å². The summed E-state index contributed by atoms with van der Waals surface area (Å²) in [4.78, 5) is 23.4. The molecule has 0 radical (unpaired) electrons. The van der Waals surface area contributed by atoms with Crippen molar-refractivity contribution in [3.05, 3.63) is 70.1 Å². The van der Waals surface area contributed by atoms with E-state index in [1.165, 1.54) is 4.68 Å². The van der Waals surface area contributed by atoms with E-state index < -0.39 is 5.97 Å². The van der Waals surface area contributed by atoms with Crippen LogP contribution in [-0.4, -0.2) is 28.0 Å². The van der Waals surface area contributed by atoms with Gasteiger partial charge in [0.05, 0.1) is 31.2 Å². The molecule has 0 spiro atoms. The third kappa shape index (κ3) is 3.68. The topological polar surface area (TPSA) is 81.4 Å². The third-order valence-corrected chi connectivity index (χ3v) is 3.99. The first-order valence-corrected chi connectivity index (χ1v) is 7.92. The molecule has 0 aliphatic rings. The van der Waals surface area contributed by atoms with Crippen LogP contribution >= 0.6 is 0 Å². The van der Waals surface area contributed by atoms with Gasteiger partial charge in [0.15, 0.2) is 0 Å². The molecule has 1 aromatic heterocycles. The van der Waals surface area contributed by atoms with E-state index in [0.717, 1.165) is 22.4 Å². The maximum Gasteiger partial charge on any atom is 0.305 e. The van der Waals surface area contributed by atoms with Crippen molar-refractivity contribution in [3.8, 4) is 5.75 Å². The van der Waals surface area contributed by atoms with Gasteiger partial charge in [-0.25, -0.2) is 4.68 Å². The second-order valence-corrected chi connectivity index (χ2v) is 5.69. The van der Waals surface area contributed by atoms with Crippen molar-refractivity contribution in [1.29, 1.82) is 0 Å². The second kappa shape index (κ2) is 7.17. The van der Waals surface area contributed by atoms with Gasteiger partial charge in [-0.1, -0.05) is 30.3 Å². The third-order valence-electron chi connectivity index (χ3n) is 3.99. The van der Waals surface area contributed by atoms with Gasteiger partial charge in [-0.2, -0.15) is 5.10 Å². The van der Waals surface area contributed by atoms with E-state index >= 15 is 0 Å². The summed E-state index contributed by atoms with van der Waals surface area (Å²) >= 11 is 0. The van der Waals surface area contributed by atoms with Crippen molar-refractivity contribution in [2.75, 3.05) is 7.11 Å². The minimum atomic E-state index is -0.962. The molecule has 0 amide bonds. The van der Waals surface area contributed by atoms with Crippen molar-refractivity contribution in [3.63, 3.8) is 0 Å². The summed E-state index contributed by atoms with van der Waals surface area (Å²) in [6.45, 7) is 0.0457. The van der Waals surface area contributed by atoms with Gasteiger partial charge >= 0.3 is 5.97 Å². The molecular weight excluding hydrogens is 320 g/mol. The zero-order valence-corrected chi connectivity index (χ0v) is 13.8. The minimum Gasteiger partial charge on any atom is -0.497 e. The van der Waals surface area contributed by atoms with Gasteiger partial charge in [0.1, 0.15) is 5.75 Å². The van der Waals surface area contributed by atoms with Crippen LogP contribution < -0.4 is 10.3 Å². The number of aromatic nitrogens is 2. The zero-order valence-electron chi connectivity index (χ0n) is 13.8. The molecule has 6 nitrogen and oxygen atoms in total. The number of aliphatic carboxylic acids is 1. The number of aryl methyl sites for hydroxylation is 1. The lowest BCUT2D eigenvalue weighted by Crippen LogP contribution is -2.26. The summed E-state index contributed by atoms with van der Waals surface area (Å²) in [5.41, 5.74) is 1.46. The summed E-state index contributed by atoms with van der Waals surface area (Å²) < 4.78 is 6.49. The van der Waals surface area contributed by atoms with Crippen molar-refractivity contribution in [2.45, 2.75) is 19.4 Å². The first-order valence-electron chi connectivity index (χ1n) is 7.92. The first-order chi connectivity index (χ1) is 12.1. The highest BCUT2D eigenvalue weighted by Gasteiger charge is 2.12. The van der Waals surface area contributed by atoms with Crippen LogP contribution in [0.25, 0.3) is 10.8 Å². The number of methoxy groups -OCH3 is 1. The number of carboxylic acids is 1. The molecule has 25 heavy (non-hydrogen) atoms. The quantitative estimate of drug-likeness (QED) is 0.747. The van der Waals surface area contributed by atoms with E-state index in [4.69, 9.17) is 9.84 Å². The number of benzene rings is 2. The van der Waals surface area contributed by atoms with Crippen molar-refractivity contribution >= 4 is 16.7 Å². The molecule has 1 N–H and O–H groups in total. The summed E-state index contributed by atoms with van der Waals surface area (Å²) in [6.07, 6.45) is 0.370. The Morgan fingerprint density at radius 3 is 2.64 bits per heavy atom. The maximum absolute atomic E-state index is 12.5. The van der Waals surface area contributed by atoms with Gasteiger partial charge in [0.2, 0.25) is 0 Å². The molecular formula is C19H18N2O4. The molecule has 6 heteroatoms. The first kappa shape index (κ1) is 16.7. The maximum atomic E-state index is 12.5.